The van der Waals surface area contributed by atoms with Crippen LogP contribution < -0.4 is 11.1 Å². The maximum atomic E-state index is 12.1. The maximum absolute atomic E-state index is 12.1. The maximum Gasteiger partial charge on any atom is 0.240 e. The van der Waals surface area contributed by atoms with Gasteiger partial charge in [-0.3, -0.25) is 4.79 Å². The first-order chi connectivity index (χ1) is 9.14. The molecule has 0 atom stereocenters. The van der Waals surface area contributed by atoms with Crippen molar-refractivity contribution in [2.24, 2.45) is 5.73 Å². The standard InChI is InChI=1S/C14H20N2O2S/c1-19-12-4-2-11(3-5-12)10-16-13(17)14(15)6-8-18-9-7-14/h2-5H,6-10,15H2,1H3,(H,16,17). The molecule has 1 saturated heterocycles. The number of hydrogen-bond acceptors (Lipinski definition) is 4. The summed E-state index contributed by atoms with van der Waals surface area (Å²) in [5.41, 5.74) is 6.44. The van der Waals surface area contributed by atoms with Crippen LogP contribution in [0.15, 0.2) is 29.2 Å². The summed E-state index contributed by atoms with van der Waals surface area (Å²) in [7, 11) is 0. The predicted octanol–water partition coefficient (Wildman–Crippen LogP) is 1.53. The Labute approximate surface area is 118 Å². The van der Waals surface area contributed by atoms with Crippen molar-refractivity contribution >= 4 is 17.7 Å². The van der Waals surface area contributed by atoms with Gasteiger partial charge >= 0.3 is 0 Å². The van der Waals surface area contributed by atoms with Crippen molar-refractivity contribution in [1.29, 1.82) is 0 Å². The van der Waals surface area contributed by atoms with Gasteiger partial charge in [0.25, 0.3) is 0 Å². The first-order valence-corrected chi connectivity index (χ1v) is 7.64. The molecule has 0 radical (unpaired) electrons. The van der Waals surface area contributed by atoms with Crippen molar-refractivity contribution in [2.45, 2.75) is 29.8 Å². The van der Waals surface area contributed by atoms with Gasteiger partial charge < -0.3 is 15.8 Å². The molecule has 3 N–H and O–H groups in total. The van der Waals surface area contributed by atoms with Gasteiger partial charge in [0, 0.05) is 24.7 Å². The number of amides is 1. The number of nitrogens with one attached hydrogen (secondary N) is 1. The molecule has 1 aliphatic heterocycles. The van der Waals surface area contributed by atoms with Gasteiger partial charge in [0.05, 0.1) is 5.54 Å². The third-order valence-corrected chi connectivity index (χ3v) is 4.19. The van der Waals surface area contributed by atoms with E-state index in [1.807, 2.05) is 18.4 Å². The van der Waals surface area contributed by atoms with Crippen molar-refractivity contribution in [3.05, 3.63) is 29.8 Å². The van der Waals surface area contributed by atoms with Crippen LogP contribution in [0, 0.1) is 0 Å². The lowest BCUT2D eigenvalue weighted by molar-refractivity contribution is -0.129. The van der Waals surface area contributed by atoms with Crippen LogP contribution in [-0.2, 0) is 16.1 Å². The number of ether oxygens (including phenoxy) is 1. The summed E-state index contributed by atoms with van der Waals surface area (Å²) < 4.78 is 5.24. The fraction of sp³-hybridized carbons (Fsp3) is 0.500. The second kappa shape index (κ2) is 6.41. The van der Waals surface area contributed by atoms with Crippen molar-refractivity contribution in [3.8, 4) is 0 Å². The molecule has 0 saturated carbocycles. The molecule has 1 amide bonds. The van der Waals surface area contributed by atoms with Gasteiger partial charge in [-0.25, -0.2) is 0 Å². The highest BCUT2D eigenvalue weighted by Crippen LogP contribution is 2.18. The van der Waals surface area contributed by atoms with Crippen LogP contribution in [0.1, 0.15) is 18.4 Å². The number of thioether (sulfide) groups is 1. The summed E-state index contributed by atoms with van der Waals surface area (Å²) in [6.45, 7) is 1.64. The average Bonchev–Trinajstić information content (AvgIpc) is 2.46. The summed E-state index contributed by atoms with van der Waals surface area (Å²) in [6, 6.07) is 8.16. The Morgan fingerprint density at radius 3 is 2.58 bits per heavy atom. The number of benzene rings is 1. The minimum atomic E-state index is -0.766. The summed E-state index contributed by atoms with van der Waals surface area (Å²) in [4.78, 5) is 13.3. The third-order valence-electron chi connectivity index (χ3n) is 3.45. The highest BCUT2D eigenvalue weighted by atomic mass is 32.2. The van der Waals surface area contributed by atoms with E-state index in [2.05, 4.69) is 17.4 Å². The van der Waals surface area contributed by atoms with E-state index >= 15 is 0 Å². The van der Waals surface area contributed by atoms with Gasteiger partial charge in [-0.15, -0.1) is 11.8 Å². The first-order valence-electron chi connectivity index (χ1n) is 6.42. The Balaban J connectivity index is 1.88. The summed E-state index contributed by atoms with van der Waals surface area (Å²) in [5, 5.41) is 2.92. The zero-order valence-electron chi connectivity index (χ0n) is 11.1. The normalized spacial score (nSPS) is 18.0. The Hall–Kier alpha value is -1.04. The smallest absolute Gasteiger partial charge is 0.240 e. The molecular formula is C14H20N2O2S. The number of carbonyl (C=O) groups is 1. The highest BCUT2D eigenvalue weighted by molar-refractivity contribution is 7.98. The molecule has 4 nitrogen and oxygen atoms in total. The van der Waals surface area contributed by atoms with E-state index in [1.54, 1.807) is 11.8 Å². The van der Waals surface area contributed by atoms with E-state index in [0.717, 1.165) is 5.56 Å². The molecule has 1 aromatic rings. The second-order valence-electron chi connectivity index (χ2n) is 4.80. The summed E-state index contributed by atoms with van der Waals surface area (Å²) in [6.07, 6.45) is 3.22. The van der Waals surface area contributed by atoms with Crippen LogP contribution in [0.3, 0.4) is 0 Å². The highest BCUT2D eigenvalue weighted by Gasteiger charge is 2.35. The van der Waals surface area contributed by atoms with Crippen LogP contribution in [0.5, 0.6) is 0 Å². The van der Waals surface area contributed by atoms with Crippen LogP contribution in [0.4, 0.5) is 0 Å². The van der Waals surface area contributed by atoms with Crippen LogP contribution in [-0.4, -0.2) is 30.9 Å². The Kier molecular flexibility index (Phi) is 4.85. The van der Waals surface area contributed by atoms with E-state index in [1.165, 1.54) is 4.90 Å². The number of hydrogen-bond donors (Lipinski definition) is 2. The predicted molar refractivity (Wildman–Crippen MR) is 77.0 cm³/mol. The minimum Gasteiger partial charge on any atom is -0.381 e. The molecule has 0 unspecified atom stereocenters. The van der Waals surface area contributed by atoms with E-state index in [-0.39, 0.29) is 5.91 Å². The topological polar surface area (TPSA) is 64.4 Å². The number of rotatable bonds is 4. The Morgan fingerprint density at radius 1 is 1.37 bits per heavy atom. The van der Waals surface area contributed by atoms with Gasteiger partial charge in [-0.2, -0.15) is 0 Å². The van der Waals surface area contributed by atoms with Crippen LogP contribution in [0.2, 0.25) is 0 Å². The molecule has 1 heterocycles. The molecule has 1 fully saturated rings. The van der Waals surface area contributed by atoms with Crippen molar-refractivity contribution < 1.29 is 9.53 Å². The molecule has 19 heavy (non-hydrogen) atoms. The third kappa shape index (κ3) is 3.72. The first kappa shape index (κ1) is 14.4. The molecule has 0 spiro atoms. The largest absolute Gasteiger partial charge is 0.381 e. The van der Waals surface area contributed by atoms with Gasteiger partial charge in [-0.1, -0.05) is 12.1 Å². The second-order valence-corrected chi connectivity index (χ2v) is 5.68. The monoisotopic (exact) mass is 280 g/mol. The lowest BCUT2D eigenvalue weighted by Gasteiger charge is -2.31. The lowest BCUT2D eigenvalue weighted by Crippen LogP contribution is -2.56. The van der Waals surface area contributed by atoms with Crippen LogP contribution in [0.25, 0.3) is 0 Å². The molecule has 1 aliphatic rings. The van der Waals surface area contributed by atoms with E-state index < -0.39 is 5.54 Å². The summed E-state index contributed by atoms with van der Waals surface area (Å²) >= 11 is 1.70. The Bertz CT molecular complexity index is 428. The zero-order valence-corrected chi connectivity index (χ0v) is 12.0. The van der Waals surface area contributed by atoms with Gasteiger partial charge in [0.1, 0.15) is 0 Å². The fourth-order valence-corrected chi connectivity index (χ4v) is 2.47. The molecule has 1 aromatic carbocycles. The lowest BCUT2D eigenvalue weighted by atomic mass is 9.90. The molecule has 5 heteroatoms. The van der Waals surface area contributed by atoms with E-state index in [9.17, 15) is 4.79 Å². The summed E-state index contributed by atoms with van der Waals surface area (Å²) in [5.74, 6) is -0.0789. The molecule has 2 rings (SSSR count). The fourth-order valence-electron chi connectivity index (χ4n) is 2.06. The molecular weight excluding hydrogens is 260 g/mol. The van der Waals surface area contributed by atoms with Crippen molar-refractivity contribution in [1.82, 2.24) is 5.32 Å². The van der Waals surface area contributed by atoms with Gasteiger partial charge in [0.2, 0.25) is 5.91 Å². The van der Waals surface area contributed by atoms with Crippen molar-refractivity contribution in [2.75, 3.05) is 19.5 Å². The number of carbonyl (C=O) groups excluding carboxylic acids is 1. The molecule has 0 aliphatic carbocycles. The van der Waals surface area contributed by atoms with Crippen LogP contribution >= 0.6 is 11.8 Å². The van der Waals surface area contributed by atoms with E-state index in [4.69, 9.17) is 10.5 Å². The van der Waals surface area contributed by atoms with E-state index in [0.29, 0.717) is 32.6 Å². The Morgan fingerprint density at radius 2 is 2.00 bits per heavy atom. The van der Waals surface area contributed by atoms with Gasteiger partial charge in [0.15, 0.2) is 0 Å². The molecule has 0 bridgehead atoms. The average molecular weight is 280 g/mol. The number of nitrogens with two attached hydrogens (primary N) is 1. The molecule has 104 valence electrons. The SMILES string of the molecule is CSc1ccc(CNC(=O)C2(N)CCOCC2)cc1. The zero-order chi connectivity index (χ0) is 13.7. The molecule has 0 aromatic heterocycles. The van der Waals surface area contributed by atoms with Crippen molar-refractivity contribution in [3.63, 3.8) is 0 Å². The quantitative estimate of drug-likeness (QED) is 0.821. The minimum absolute atomic E-state index is 0.0789. The van der Waals surface area contributed by atoms with Gasteiger partial charge in [-0.05, 0) is 36.8 Å².